The number of benzene rings is 2. The molecule has 0 atom stereocenters. The molecule has 0 radical (unpaired) electrons. The van der Waals surface area contributed by atoms with Gasteiger partial charge in [0, 0.05) is 24.2 Å². The van der Waals surface area contributed by atoms with Crippen LogP contribution in [0.4, 0.5) is 10.5 Å². The van der Waals surface area contributed by atoms with Crippen molar-refractivity contribution in [2.24, 2.45) is 5.92 Å². The fraction of sp³-hybridized carbons (Fsp3) is 0.409. The minimum absolute atomic E-state index is 0.241. The first kappa shape index (κ1) is 21.3. The Morgan fingerprint density at radius 3 is 2.59 bits per heavy atom. The lowest BCUT2D eigenvalue weighted by atomic mass is 9.96. The van der Waals surface area contributed by atoms with Gasteiger partial charge in [-0.1, -0.05) is 29.8 Å². The van der Waals surface area contributed by atoms with Crippen LogP contribution in [0.5, 0.6) is 11.5 Å². The SMILES string of the molecule is COc1ccc(OC)c(NC(=O)NCC2CCN(Cc3ccccc3Cl)CC2)c1. The second-order valence-corrected chi connectivity index (χ2v) is 7.62. The summed E-state index contributed by atoms with van der Waals surface area (Å²) < 4.78 is 10.5. The third kappa shape index (κ3) is 6.02. The van der Waals surface area contributed by atoms with Gasteiger partial charge in [-0.15, -0.1) is 0 Å². The van der Waals surface area contributed by atoms with Gasteiger partial charge in [0.25, 0.3) is 0 Å². The maximum atomic E-state index is 12.3. The molecule has 0 aromatic heterocycles. The molecule has 2 N–H and O–H groups in total. The smallest absolute Gasteiger partial charge is 0.319 e. The van der Waals surface area contributed by atoms with Crippen LogP contribution >= 0.6 is 11.6 Å². The minimum Gasteiger partial charge on any atom is -0.497 e. The first-order valence-electron chi connectivity index (χ1n) is 9.81. The zero-order valence-corrected chi connectivity index (χ0v) is 17.7. The zero-order valence-electron chi connectivity index (χ0n) is 16.9. The average molecular weight is 418 g/mol. The van der Waals surface area contributed by atoms with Crippen LogP contribution in [0.1, 0.15) is 18.4 Å². The van der Waals surface area contributed by atoms with E-state index in [1.165, 1.54) is 0 Å². The summed E-state index contributed by atoms with van der Waals surface area (Å²) in [6.45, 7) is 3.53. The third-order valence-corrected chi connectivity index (χ3v) is 5.63. The molecule has 1 heterocycles. The van der Waals surface area contributed by atoms with E-state index in [-0.39, 0.29) is 6.03 Å². The molecule has 1 aliphatic rings. The summed E-state index contributed by atoms with van der Waals surface area (Å²) in [7, 11) is 3.16. The lowest BCUT2D eigenvalue weighted by Crippen LogP contribution is -2.39. The number of carbonyl (C=O) groups is 1. The van der Waals surface area contributed by atoms with E-state index >= 15 is 0 Å². The van der Waals surface area contributed by atoms with Crippen LogP contribution in [0.3, 0.4) is 0 Å². The maximum Gasteiger partial charge on any atom is 0.319 e. The van der Waals surface area contributed by atoms with E-state index in [9.17, 15) is 4.79 Å². The third-order valence-electron chi connectivity index (χ3n) is 5.27. The molecule has 6 nitrogen and oxygen atoms in total. The fourth-order valence-electron chi connectivity index (χ4n) is 3.53. The van der Waals surface area contributed by atoms with Crippen molar-refractivity contribution < 1.29 is 14.3 Å². The molecular weight excluding hydrogens is 390 g/mol. The van der Waals surface area contributed by atoms with Gasteiger partial charge in [0.2, 0.25) is 0 Å². The molecule has 2 aromatic carbocycles. The molecule has 0 spiro atoms. The summed E-state index contributed by atoms with van der Waals surface area (Å²) in [6.07, 6.45) is 2.10. The van der Waals surface area contributed by atoms with E-state index in [2.05, 4.69) is 21.6 Å². The number of piperidine rings is 1. The lowest BCUT2D eigenvalue weighted by Gasteiger charge is -2.32. The normalized spacial score (nSPS) is 15.0. The van der Waals surface area contributed by atoms with Crippen LogP contribution in [0.2, 0.25) is 5.02 Å². The number of nitrogens with zero attached hydrogens (tertiary/aromatic N) is 1. The van der Waals surface area contributed by atoms with Crippen molar-refractivity contribution in [3.63, 3.8) is 0 Å². The molecule has 1 aliphatic heterocycles. The molecule has 2 aromatic rings. The maximum absolute atomic E-state index is 12.3. The first-order valence-corrected chi connectivity index (χ1v) is 10.2. The highest BCUT2D eigenvalue weighted by atomic mass is 35.5. The minimum atomic E-state index is -0.241. The van der Waals surface area contributed by atoms with Gasteiger partial charge in [0.15, 0.2) is 0 Å². The summed E-state index contributed by atoms with van der Waals surface area (Å²) in [5.41, 5.74) is 1.75. The number of urea groups is 1. The number of hydrogen-bond donors (Lipinski definition) is 2. The Morgan fingerprint density at radius 2 is 1.90 bits per heavy atom. The van der Waals surface area contributed by atoms with Gasteiger partial charge in [0.1, 0.15) is 11.5 Å². The Labute approximate surface area is 177 Å². The molecule has 1 saturated heterocycles. The molecule has 0 aliphatic carbocycles. The van der Waals surface area contributed by atoms with Gasteiger partial charge in [-0.25, -0.2) is 4.79 Å². The van der Waals surface area contributed by atoms with Crippen molar-refractivity contribution in [3.05, 3.63) is 53.1 Å². The van der Waals surface area contributed by atoms with Gasteiger partial charge in [-0.05, 0) is 55.6 Å². The highest BCUT2D eigenvalue weighted by molar-refractivity contribution is 6.31. The standard InChI is InChI=1S/C22H28ClN3O3/c1-28-18-7-8-21(29-2)20(13-18)25-22(27)24-14-16-9-11-26(12-10-16)15-17-5-3-4-6-19(17)23/h3-8,13,16H,9-12,14-15H2,1-2H3,(H2,24,25,27). The molecule has 3 rings (SSSR count). The summed E-state index contributed by atoms with van der Waals surface area (Å²) in [6, 6.07) is 13.0. The molecule has 29 heavy (non-hydrogen) atoms. The Kier molecular flexibility index (Phi) is 7.61. The molecule has 0 unspecified atom stereocenters. The highest BCUT2D eigenvalue weighted by Crippen LogP contribution is 2.29. The predicted octanol–water partition coefficient (Wildman–Crippen LogP) is 4.39. The number of halogens is 1. The van der Waals surface area contributed by atoms with Gasteiger partial charge >= 0.3 is 6.03 Å². The van der Waals surface area contributed by atoms with E-state index in [1.807, 2.05) is 18.2 Å². The summed E-state index contributed by atoms with van der Waals surface area (Å²) in [5, 5.41) is 6.64. The molecule has 156 valence electrons. The van der Waals surface area contributed by atoms with E-state index in [0.717, 1.165) is 43.1 Å². The number of amides is 2. The Balaban J connectivity index is 1.43. The van der Waals surface area contributed by atoms with Crippen LogP contribution < -0.4 is 20.1 Å². The second-order valence-electron chi connectivity index (χ2n) is 7.21. The number of ether oxygens (including phenoxy) is 2. The Morgan fingerprint density at radius 1 is 1.14 bits per heavy atom. The van der Waals surface area contributed by atoms with Crippen LogP contribution in [-0.2, 0) is 6.54 Å². The topological polar surface area (TPSA) is 62.8 Å². The second kappa shape index (κ2) is 10.4. The van der Waals surface area contributed by atoms with Gasteiger partial charge < -0.3 is 20.1 Å². The molecule has 2 amide bonds. The predicted molar refractivity (Wildman–Crippen MR) is 116 cm³/mol. The molecule has 0 bridgehead atoms. The van der Waals surface area contributed by atoms with Crippen LogP contribution in [-0.4, -0.2) is 44.8 Å². The lowest BCUT2D eigenvalue weighted by molar-refractivity contribution is 0.176. The van der Waals surface area contributed by atoms with Crippen molar-refractivity contribution in [2.75, 3.05) is 39.2 Å². The van der Waals surface area contributed by atoms with Crippen molar-refractivity contribution in [1.82, 2.24) is 10.2 Å². The number of hydrogen-bond acceptors (Lipinski definition) is 4. The number of rotatable bonds is 7. The number of carbonyl (C=O) groups excluding carboxylic acids is 1. The number of anilines is 1. The van der Waals surface area contributed by atoms with E-state index in [1.54, 1.807) is 32.4 Å². The van der Waals surface area contributed by atoms with E-state index in [0.29, 0.717) is 29.6 Å². The van der Waals surface area contributed by atoms with Crippen molar-refractivity contribution in [3.8, 4) is 11.5 Å². The molecule has 0 saturated carbocycles. The average Bonchev–Trinajstić information content (AvgIpc) is 2.75. The fourth-order valence-corrected chi connectivity index (χ4v) is 3.73. The van der Waals surface area contributed by atoms with Crippen LogP contribution in [0, 0.1) is 5.92 Å². The number of nitrogens with one attached hydrogen (secondary N) is 2. The molecular formula is C22H28ClN3O3. The van der Waals surface area contributed by atoms with Crippen LogP contribution in [0.15, 0.2) is 42.5 Å². The Hall–Kier alpha value is -2.44. The summed E-state index contributed by atoms with van der Waals surface area (Å²) >= 11 is 6.27. The monoisotopic (exact) mass is 417 g/mol. The number of likely N-dealkylation sites (tertiary alicyclic amines) is 1. The molecule has 1 fully saturated rings. The molecule has 7 heteroatoms. The van der Waals surface area contributed by atoms with Gasteiger partial charge in [-0.2, -0.15) is 0 Å². The van der Waals surface area contributed by atoms with E-state index < -0.39 is 0 Å². The van der Waals surface area contributed by atoms with Crippen LogP contribution in [0.25, 0.3) is 0 Å². The summed E-state index contributed by atoms with van der Waals surface area (Å²) in [4.78, 5) is 14.7. The van der Waals surface area contributed by atoms with Gasteiger partial charge in [0.05, 0.1) is 19.9 Å². The highest BCUT2D eigenvalue weighted by Gasteiger charge is 2.20. The summed E-state index contributed by atoms with van der Waals surface area (Å²) in [5.74, 6) is 1.72. The van der Waals surface area contributed by atoms with Crippen molar-refractivity contribution in [1.29, 1.82) is 0 Å². The first-order chi connectivity index (χ1) is 14.1. The van der Waals surface area contributed by atoms with Crippen molar-refractivity contribution in [2.45, 2.75) is 19.4 Å². The zero-order chi connectivity index (χ0) is 20.6. The van der Waals surface area contributed by atoms with E-state index in [4.69, 9.17) is 21.1 Å². The largest absolute Gasteiger partial charge is 0.497 e. The van der Waals surface area contributed by atoms with Crippen molar-refractivity contribution >= 4 is 23.3 Å². The van der Waals surface area contributed by atoms with Gasteiger partial charge in [-0.3, -0.25) is 4.90 Å². The Bertz CT molecular complexity index is 823. The quantitative estimate of drug-likeness (QED) is 0.701. The number of methoxy groups -OCH3 is 2.